The van der Waals surface area contributed by atoms with Gasteiger partial charge in [0.05, 0.1) is 24.3 Å². The third kappa shape index (κ3) is 2.52. The number of halogens is 1. The van der Waals surface area contributed by atoms with Gasteiger partial charge in [-0.25, -0.2) is 4.39 Å². The molecule has 1 aliphatic heterocycles. The Bertz CT molecular complexity index is 396. The molecule has 0 atom stereocenters. The number of hydrogen-bond donors (Lipinski definition) is 1. The van der Waals surface area contributed by atoms with Gasteiger partial charge >= 0.3 is 0 Å². The predicted octanol–water partition coefficient (Wildman–Crippen LogP) is 1.19. The summed E-state index contributed by atoms with van der Waals surface area (Å²) >= 11 is 0. The highest BCUT2D eigenvalue weighted by Gasteiger charge is 2.16. The van der Waals surface area contributed by atoms with Crippen LogP contribution < -0.4 is 5.32 Å². The Balaban J connectivity index is 2.00. The number of ether oxygens (including phenoxy) is 1. The van der Waals surface area contributed by atoms with E-state index in [9.17, 15) is 4.39 Å². The molecule has 1 heterocycles. The van der Waals surface area contributed by atoms with Crippen molar-refractivity contribution in [2.45, 2.75) is 12.7 Å². The quantitative estimate of drug-likeness (QED) is 0.807. The van der Waals surface area contributed by atoms with Crippen LogP contribution in [0, 0.1) is 17.1 Å². The van der Waals surface area contributed by atoms with Gasteiger partial charge in [0.25, 0.3) is 0 Å². The Kier molecular flexibility index (Phi) is 2.95. The van der Waals surface area contributed by atoms with Crippen LogP contribution in [0.4, 0.5) is 4.39 Å². The van der Waals surface area contributed by atoms with Crippen LogP contribution in [0.1, 0.15) is 11.1 Å². The second kappa shape index (κ2) is 4.39. The van der Waals surface area contributed by atoms with Gasteiger partial charge in [0.1, 0.15) is 5.82 Å². The van der Waals surface area contributed by atoms with Gasteiger partial charge in [-0.3, -0.25) is 0 Å². The monoisotopic (exact) mass is 206 g/mol. The third-order valence-electron chi connectivity index (χ3n) is 2.32. The van der Waals surface area contributed by atoms with Crippen molar-refractivity contribution in [3.8, 4) is 6.07 Å². The first-order valence-electron chi connectivity index (χ1n) is 4.80. The van der Waals surface area contributed by atoms with Crippen LogP contribution in [0.25, 0.3) is 0 Å². The minimum atomic E-state index is -0.389. The number of nitriles is 1. The van der Waals surface area contributed by atoms with Gasteiger partial charge in [0, 0.05) is 13.1 Å². The molecule has 0 radical (unpaired) electrons. The van der Waals surface area contributed by atoms with Crippen LogP contribution in [0.2, 0.25) is 0 Å². The molecule has 0 spiro atoms. The lowest BCUT2D eigenvalue weighted by Gasteiger charge is -2.27. The van der Waals surface area contributed by atoms with Crippen molar-refractivity contribution < 1.29 is 9.13 Å². The van der Waals surface area contributed by atoms with E-state index in [1.54, 1.807) is 6.07 Å². The number of nitrogens with one attached hydrogen (secondary N) is 1. The molecule has 0 bridgehead atoms. The third-order valence-corrected chi connectivity index (χ3v) is 2.32. The largest absolute Gasteiger partial charge is 0.371 e. The molecule has 0 amide bonds. The van der Waals surface area contributed by atoms with Gasteiger partial charge in [-0.1, -0.05) is 0 Å². The van der Waals surface area contributed by atoms with Gasteiger partial charge in [-0.05, 0) is 23.8 Å². The van der Waals surface area contributed by atoms with Crippen LogP contribution >= 0.6 is 0 Å². The second-order valence-electron chi connectivity index (χ2n) is 3.55. The van der Waals surface area contributed by atoms with Gasteiger partial charge in [0.2, 0.25) is 0 Å². The summed E-state index contributed by atoms with van der Waals surface area (Å²) in [6.07, 6.45) is 0.221. The maximum atomic E-state index is 13.0. The van der Waals surface area contributed by atoms with Crippen molar-refractivity contribution in [2.24, 2.45) is 0 Å². The first-order valence-corrected chi connectivity index (χ1v) is 4.80. The molecule has 1 aromatic carbocycles. The van der Waals surface area contributed by atoms with Crippen LogP contribution in [0.3, 0.4) is 0 Å². The molecule has 1 saturated heterocycles. The molecule has 2 rings (SSSR count). The minimum absolute atomic E-state index is 0.221. The van der Waals surface area contributed by atoms with Crippen LogP contribution in [0.5, 0.6) is 0 Å². The highest BCUT2D eigenvalue weighted by atomic mass is 19.1. The zero-order chi connectivity index (χ0) is 10.7. The van der Waals surface area contributed by atoms with E-state index in [1.165, 1.54) is 12.1 Å². The lowest BCUT2D eigenvalue weighted by molar-refractivity contribution is 0.00748. The molecule has 78 valence electrons. The van der Waals surface area contributed by atoms with Crippen LogP contribution in [0.15, 0.2) is 18.2 Å². The summed E-state index contributed by atoms with van der Waals surface area (Å²) in [4.78, 5) is 0. The summed E-state index contributed by atoms with van der Waals surface area (Å²) in [5, 5.41) is 11.7. The maximum absolute atomic E-state index is 13.0. The lowest BCUT2D eigenvalue weighted by atomic mass is 10.1. The zero-order valence-corrected chi connectivity index (χ0v) is 8.16. The van der Waals surface area contributed by atoms with E-state index in [0.717, 1.165) is 13.1 Å². The Morgan fingerprint density at radius 2 is 2.27 bits per heavy atom. The molecule has 0 aliphatic carbocycles. The van der Waals surface area contributed by atoms with Crippen LogP contribution in [-0.2, 0) is 11.3 Å². The van der Waals surface area contributed by atoms with Crippen molar-refractivity contribution in [1.29, 1.82) is 5.26 Å². The topological polar surface area (TPSA) is 45.0 Å². The van der Waals surface area contributed by atoms with Crippen molar-refractivity contribution in [3.05, 3.63) is 35.1 Å². The Morgan fingerprint density at radius 1 is 1.47 bits per heavy atom. The standard InChI is InChI=1S/C11H11FN2O/c12-10-2-8(4-13)1-9(3-10)7-15-11-5-14-6-11/h1-3,11,14H,5-7H2. The highest BCUT2D eigenvalue weighted by molar-refractivity contribution is 5.33. The van der Waals surface area contributed by atoms with Gasteiger partial charge in [-0.15, -0.1) is 0 Å². The Labute approximate surface area is 87.5 Å². The predicted molar refractivity (Wildman–Crippen MR) is 52.6 cm³/mol. The summed E-state index contributed by atoms with van der Waals surface area (Å²) in [5.74, 6) is -0.389. The summed E-state index contributed by atoms with van der Waals surface area (Å²) in [6.45, 7) is 2.06. The molecule has 1 aromatic rings. The van der Waals surface area contributed by atoms with Crippen molar-refractivity contribution >= 4 is 0 Å². The van der Waals surface area contributed by atoms with Crippen molar-refractivity contribution in [1.82, 2.24) is 5.32 Å². The van der Waals surface area contributed by atoms with Crippen molar-refractivity contribution in [3.63, 3.8) is 0 Å². The highest BCUT2D eigenvalue weighted by Crippen LogP contribution is 2.11. The smallest absolute Gasteiger partial charge is 0.124 e. The summed E-state index contributed by atoms with van der Waals surface area (Å²) in [6, 6.07) is 6.18. The number of benzene rings is 1. The van der Waals surface area contributed by atoms with Gasteiger partial charge in [0.15, 0.2) is 0 Å². The molecule has 3 nitrogen and oxygen atoms in total. The normalized spacial score (nSPS) is 15.7. The van der Waals surface area contributed by atoms with E-state index in [1.807, 2.05) is 6.07 Å². The average Bonchev–Trinajstić information content (AvgIpc) is 2.14. The summed E-state index contributed by atoms with van der Waals surface area (Å²) < 4.78 is 18.5. The van der Waals surface area contributed by atoms with Crippen LogP contribution in [-0.4, -0.2) is 19.2 Å². The van der Waals surface area contributed by atoms with E-state index < -0.39 is 0 Å². The molecule has 0 aromatic heterocycles. The van der Waals surface area contributed by atoms with Gasteiger partial charge in [-0.2, -0.15) is 5.26 Å². The number of hydrogen-bond acceptors (Lipinski definition) is 3. The average molecular weight is 206 g/mol. The lowest BCUT2D eigenvalue weighted by Crippen LogP contribution is -2.48. The Morgan fingerprint density at radius 3 is 2.87 bits per heavy atom. The number of rotatable bonds is 3. The SMILES string of the molecule is N#Cc1cc(F)cc(COC2CNC2)c1. The fraction of sp³-hybridized carbons (Fsp3) is 0.364. The minimum Gasteiger partial charge on any atom is -0.371 e. The fourth-order valence-corrected chi connectivity index (χ4v) is 1.39. The molecule has 4 heteroatoms. The first kappa shape index (κ1) is 10.1. The van der Waals surface area contributed by atoms with Crippen molar-refractivity contribution in [2.75, 3.05) is 13.1 Å². The molecular weight excluding hydrogens is 195 g/mol. The summed E-state index contributed by atoms with van der Waals surface area (Å²) in [7, 11) is 0. The van der Waals surface area contributed by atoms with E-state index >= 15 is 0 Å². The van der Waals surface area contributed by atoms with E-state index in [4.69, 9.17) is 10.00 Å². The Hall–Kier alpha value is -1.44. The molecule has 0 saturated carbocycles. The van der Waals surface area contributed by atoms with E-state index in [-0.39, 0.29) is 11.9 Å². The molecular formula is C11H11FN2O. The second-order valence-corrected chi connectivity index (χ2v) is 3.55. The molecule has 0 unspecified atom stereocenters. The molecule has 1 N–H and O–H groups in total. The van der Waals surface area contributed by atoms with E-state index in [2.05, 4.69) is 5.32 Å². The fourth-order valence-electron chi connectivity index (χ4n) is 1.39. The van der Waals surface area contributed by atoms with E-state index in [0.29, 0.717) is 17.7 Å². The molecule has 1 fully saturated rings. The zero-order valence-electron chi connectivity index (χ0n) is 8.16. The first-order chi connectivity index (χ1) is 7.28. The number of nitrogens with zero attached hydrogens (tertiary/aromatic N) is 1. The molecule has 1 aliphatic rings. The molecule has 15 heavy (non-hydrogen) atoms. The maximum Gasteiger partial charge on any atom is 0.124 e. The summed E-state index contributed by atoms with van der Waals surface area (Å²) in [5.41, 5.74) is 1.04. The van der Waals surface area contributed by atoms with Gasteiger partial charge < -0.3 is 10.1 Å².